The highest BCUT2D eigenvalue weighted by molar-refractivity contribution is 7.80. The van der Waals surface area contributed by atoms with Gasteiger partial charge in [-0.1, -0.05) is 80.6 Å². The fourth-order valence-electron chi connectivity index (χ4n) is 3.00. The van der Waals surface area contributed by atoms with Gasteiger partial charge in [-0.15, -0.1) is 0 Å². The van der Waals surface area contributed by atoms with Gasteiger partial charge in [-0.2, -0.15) is 0 Å². The van der Waals surface area contributed by atoms with E-state index in [1.165, 1.54) is 16.7 Å². The topological polar surface area (TPSA) is 24.1 Å². The zero-order chi connectivity index (χ0) is 18.4. The van der Waals surface area contributed by atoms with Gasteiger partial charge in [-0.05, 0) is 53.4 Å². The lowest BCUT2D eigenvalue weighted by molar-refractivity contribution is 0.869. The summed E-state index contributed by atoms with van der Waals surface area (Å²) in [5, 5.41) is 7.33. The number of benzene rings is 3. The smallest absolute Gasteiger partial charge is 0.175 e. The van der Waals surface area contributed by atoms with Crippen LogP contribution >= 0.6 is 12.2 Å². The van der Waals surface area contributed by atoms with Crippen molar-refractivity contribution in [2.75, 3.05) is 10.6 Å². The molecule has 0 spiro atoms. The monoisotopic (exact) mass is 360 g/mol. The molecule has 0 atom stereocenters. The molecule has 3 aromatic rings. The van der Waals surface area contributed by atoms with Gasteiger partial charge in [0.2, 0.25) is 0 Å². The van der Waals surface area contributed by atoms with Gasteiger partial charge in [0.15, 0.2) is 5.11 Å². The molecular formula is C23H24N2S. The van der Waals surface area contributed by atoms with Crippen molar-refractivity contribution >= 4 is 28.7 Å². The Kier molecular flexibility index (Phi) is 6.03. The third-order valence-electron chi connectivity index (χ3n) is 4.33. The Morgan fingerprint density at radius 1 is 0.769 bits per heavy atom. The van der Waals surface area contributed by atoms with Gasteiger partial charge in [0.1, 0.15) is 0 Å². The van der Waals surface area contributed by atoms with Gasteiger partial charge in [0.25, 0.3) is 0 Å². The zero-order valence-corrected chi connectivity index (χ0v) is 16.0. The van der Waals surface area contributed by atoms with Crippen LogP contribution in [0.25, 0.3) is 0 Å². The van der Waals surface area contributed by atoms with Crippen LogP contribution in [-0.2, 0) is 6.42 Å². The van der Waals surface area contributed by atoms with Crippen LogP contribution in [0.3, 0.4) is 0 Å². The van der Waals surface area contributed by atoms with Crippen LogP contribution in [0.4, 0.5) is 11.4 Å². The van der Waals surface area contributed by atoms with Crippen molar-refractivity contribution in [1.29, 1.82) is 0 Å². The van der Waals surface area contributed by atoms with E-state index >= 15 is 0 Å². The van der Waals surface area contributed by atoms with Gasteiger partial charge in [0.05, 0.1) is 0 Å². The van der Waals surface area contributed by atoms with E-state index in [-0.39, 0.29) is 0 Å². The first-order valence-electron chi connectivity index (χ1n) is 8.92. The summed E-state index contributed by atoms with van der Waals surface area (Å²) in [5.41, 5.74) is 5.86. The van der Waals surface area contributed by atoms with Crippen LogP contribution in [0.1, 0.15) is 36.5 Å². The Labute approximate surface area is 161 Å². The minimum absolute atomic E-state index is 0.437. The molecule has 0 bridgehead atoms. The molecule has 0 aromatic heterocycles. The molecule has 0 saturated carbocycles. The normalized spacial score (nSPS) is 10.6. The number of thiocarbonyl (C=S) groups is 1. The van der Waals surface area contributed by atoms with Crippen molar-refractivity contribution < 1.29 is 0 Å². The summed E-state index contributed by atoms with van der Waals surface area (Å²) in [6, 6.07) is 27.1. The quantitative estimate of drug-likeness (QED) is 0.529. The molecule has 0 aliphatic rings. The maximum absolute atomic E-state index is 5.57. The molecule has 0 aliphatic heterocycles. The molecule has 3 heteroatoms. The molecule has 0 fully saturated rings. The molecule has 3 aromatic carbocycles. The van der Waals surface area contributed by atoms with Gasteiger partial charge >= 0.3 is 0 Å². The number of rotatable bonds is 5. The second-order valence-electron chi connectivity index (χ2n) is 6.64. The number of para-hydroxylation sites is 2. The maximum atomic E-state index is 5.57. The van der Waals surface area contributed by atoms with E-state index in [9.17, 15) is 0 Å². The minimum Gasteiger partial charge on any atom is -0.332 e. The molecule has 0 heterocycles. The third kappa shape index (κ3) is 4.70. The lowest BCUT2D eigenvalue weighted by atomic mass is 10.0. The fourth-order valence-corrected chi connectivity index (χ4v) is 3.22. The van der Waals surface area contributed by atoms with Crippen molar-refractivity contribution in [1.82, 2.24) is 0 Å². The molecule has 2 N–H and O–H groups in total. The lowest BCUT2D eigenvalue weighted by Gasteiger charge is -2.17. The Bertz CT molecular complexity index is 872. The highest BCUT2D eigenvalue weighted by Crippen LogP contribution is 2.24. The second-order valence-corrected chi connectivity index (χ2v) is 7.05. The van der Waals surface area contributed by atoms with Crippen molar-refractivity contribution in [3.05, 3.63) is 95.6 Å². The van der Waals surface area contributed by atoms with Crippen LogP contribution < -0.4 is 10.6 Å². The molecule has 132 valence electrons. The van der Waals surface area contributed by atoms with E-state index in [4.69, 9.17) is 12.2 Å². The zero-order valence-electron chi connectivity index (χ0n) is 15.2. The first-order chi connectivity index (χ1) is 12.6. The van der Waals surface area contributed by atoms with Crippen LogP contribution in [0.2, 0.25) is 0 Å². The summed E-state index contributed by atoms with van der Waals surface area (Å²) in [6.07, 6.45) is 0.870. The lowest BCUT2D eigenvalue weighted by Crippen LogP contribution is -2.21. The number of nitrogens with one attached hydrogen (secondary N) is 2. The van der Waals surface area contributed by atoms with Gasteiger partial charge < -0.3 is 10.6 Å². The SMILES string of the molecule is CC(C)c1ccccc1NC(=S)Nc1ccccc1Cc1ccccc1. The summed E-state index contributed by atoms with van der Waals surface area (Å²) >= 11 is 5.57. The molecule has 0 unspecified atom stereocenters. The summed E-state index contributed by atoms with van der Waals surface area (Å²) in [5.74, 6) is 0.437. The molecule has 0 saturated heterocycles. The molecular weight excluding hydrogens is 336 g/mol. The van der Waals surface area contributed by atoms with E-state index in [0.29, 0.717) is 11.0 Å². The molecule has 3 rings (SSSR count). The van der Waals surface area contributed by atoms with Crippen LogP contribution in [-0.4, -0.2) is 5.11 Å². The Balaban J connectivity index is 1.74. The van der Waals surface area contributed by atoms with E-state index in [0.717, 1.165) is 17.8 Å². The predicted molar refractivity (Wildman–Crippen MR) is 116 cm³/mol. The Morgan fingerprint density at radius 3 is 2.08 bits per heavy atom. The summed E-state index contributed by atoms with van der Waals surface area (Å²) in [6.45, 7) is 4.37. The van der Waals surface area contributed by atoms with Crippen LogP contribution in [0.15, 0.2) is 78.9 Å². The summed E-state index contributed by atoms with van der Waals surface area (Å²) in [7, 11) is 0. The second kappa shape index (κ2) is 8.63. The van der Waals surface area contributed by atoms with E-state index in [1.807, 2.05) is 18.2 Å². The summed E-state index contributed by atoms with van der Waals surface area (Å²) < 4.78 is 0. The number of hydrogen-bond acceptors (Lipinski definition) is 1. The van der Waals surface area contributed by atoms with E-state index < -0.39 is 0 Å². The number of hydrogen-bond donors (Lipinski definition) is 2. The van der Waals surface area contributed by atoms with Crippen LogP contribution in [0, 0.1) is 0 Å². The standard InChI is InChI=1S/C23H24N2S/c1-17(2)20-13-7-9-15-22(20)25-23(26)24-21-14-8-6-12-19(21)16-18-10-4-3-5-11-18/h3-15,17H,16H2,1-2H3,(H2,24,25,26). The van der Waals surface area contributed by atoms with Crippen molar-refractivity contribution in [2.24, 2.45) is 0 Å². The van der Waals surface area contributed by atoms with Crippen molar-refractivity contribution in [3.8, 4) is 0 Å². The fraction of sp³-hybridized carbons (Fsp3) is 0.174. The molecule has 2 nitrogen and oxygen atoms in total. The van der Waals surface area contributed by atoms with Crippen molar-refractivity contribution in [3.63, 3.8) is 0 Å². The minimum atomic E-state index is 0.437. The molecule has 26 heavy (non-hydrogen) atoms. The van der Waals surface area contributed by atoms with Gasteiger partial charge in [-0.3, -0.25) is 0 Å². The maximum Gasteiger partial charge on any atom is 0.175 e. The van der Waals surface area contributed by atoms with Crippen molar-refractivity contribution in [2.45, 2.75) is 26.2 Å². The average Bonchev–Trinajstić information content (AvgIpc) is 2.64. The molecule has 0 radical (unpaired) electrons. The molecule has 0 amide bonds. The molecule has 0 aliphatic carbocycles. The average molecular weight is 361 g/mol. The Morgan fingerprint density at radius 2 is 1.35 bits per heavy atom. The van der Waals surface area contributed by atoms with E-state index in [1.54, 1.807) is 0 Å². The van der Waals surface area contributed by atoms with Crippen LogP contribution in [0.5, 0.6) is 0 Å². The predicted octanol–water partition coefficient (Wildman–Crippen LogP) is 6.21. The summed E-state index contributed by atoms with van der Waals surface area (Å²) in [4.78, 5) is 0. The number of anilines is 2. The highest BCUT2D eigenvalue weighted by Gasteiger charge is 2.09. The first kappa shape index (κ1) is 18.2. The highest BCUT2D eigenvalue weighted by atomic mass is 32.1. The largest absolute Gasteiger partial charge is 0.332 e. The van der Waals surface area contributed by atoms with Gasteiger partial charge in [-0.25, -0.2) is 0 Å². The first-order valence-corrected chi connectivity index (χ1v) is 9.33. The Hall–Kier alpha value is -2.65. The van der Waals surface area contributed by atoms with Gasteiger partial charge in [0, 0.05) is 11.4 Å². The third-order valence-corrected chi connectivity index (χ3v) is 4.54. The van der Waals surface area contributed by atoms with E-state index in [2.05, 4.69) is 85.1 Å².